The fourth-order valence-corrected chi connectivity index (χ4v) is 5.69. The molecule has 2 aromatic rings. The fraction of sp³-hybridized carbons (Fsp3) is 0.448. The average molecular weight is 490 g/mol. The minimum atomic E-state index is -0.964. The summed E-state index contributed by atoms with van der Waals surface area (Å²) in [4.78, 5) is 32.4. The number of anilines is 1. The lowest BCUT2D eigenvalue weighted by molar-refractivity contribution is -0.0177. The van der Waals surface area contributed by atoms with Gasteiger partial charge in [0.25, 0.3) is 11.8 Å². The average Bonchev–Trinajstić information content (AvgIpc) is 3.14. The number of fused-ring (bicyclic) bond motifs is 1. The van der Waals surface area contributed by atoms with Gasteiger partial charge in [0.05, 0.1) is 36.1 Å². The molecule has 36 heavy (non-hydrogen) atoms. The van der Waals surface area contributed by atoms with Gasteiger partial charge in [0.1, 0.15) is 5.75 Å². The summed E-state index contributed by atoms with van der Waals surface area (Å²) in [5, 5.41) is 11.0. The van der Waals surface area contributed by atoms with Gasteiger partial charge in [-0.1, -0.05) is 55.7 Å². The molecule has 1 saturated carbocycles. The quantitative estimate of drug-likeness (QED) is 0.596. The molecular formula is C29H35N3O4. The molecule has 1 saturated heterocycles. The highest BCUT2D eigenvalue weighted by Gasteiger charge is 2.43. The number of carbonyl (C=O) groups is 2. The number of rotatable bonds is 7. The second-order valence-corrected chi connectivity index (χ2v) is 10.1. The Balaban J connectivity index is 1.23. The summed E-state index contributed by atoms with van der Waals surface area (Å²) in [6.45, 7) is 4.22. The van der Waals surface area contributed by atoms with Crippen LogP contribution in [-0.4, -0.2) is 78.7 Å². The lowest BCUT2D eigenvalue weighted by atomic mass is 9.84. The maximum absolute atomic E-state index is 13.4. The maximum atomic E-state index is 13.4. The van der Waals surface area contributed by atoms with Crippen molar-refractivity contribution in [3.8, 4) is 5.75 Å². The molecule has 5 rings (SSSR count). The van der Waals surface area contributed by atoms with Crippen LogP contribution in [0.15, 0.2) is 48.5 Å². The minimum Gasteiger partial charge on any atom is -0.496 e. The minimum absolute atomic E-state index is 0.0884. The number of para-hydroxylation sites is 1. The van der Waals surface area contributed by atoms with Gasteiger partial charge in [-0.15, -0.1) is 0 Å². The summed E-state index contributed by atoms with van der Waals surface area (Å²) in [6, 6.07) is 13.5. The van der Waals surface area contributed by atoms with Crippen molar-refractivity contribution in [1.82, 2.24) is 9.80 Å². The van der Waals surface area contributed by atoms with E-state index in [4.69, 9.17) is 4.74 Å². The van der Waals surface area contributed by atoms with Gasteiger partial charge >= 0.3 is 0 Å². The van der Waals surface area contributed by atoms with Gasteiger partial charge in [-0.05, 0) is 31.0 Å². The number of nitrogens with zero attached hydrogens (tertiary/aromatic N) is 3. The predicted octanol–water partition coefficient (Wildman–Crippen LogP) is 3.82. The van der Waals surface area contributed by atoms with Gasteiger partial charge in [-0.25, -0.2) is 0 Å². The molecule has 0 bridgehead atoms. The fourth-order valence-electron chi connectivity index (χ4n) is 5.69. The number of imide groups is 1. The molecule has 0 radical (unpaired) electrons. The van der Waals surface area contributed by atoms with Gasteiger partial charge in [-0.2, -0.15) is 0 Å². The molecule has 1 N–H and O–H groups in total. The van der Waals surface area contributed by atoms with Crippen LogP contribution in [0.5, 0.6) is 5.75 Å². The van der Waals surface area contributed by atoms with Crippen molar-refractivity contribution in [2.45, 2.75) is 37.7 Å². The highest BCUT2D eigenvalue weighted by atomic mass is 16.5. The van der Waals surface area contributed by atoms with E-state index in [0.717, 1.165) is 69.0 Å². The summed E-state index contributed by atoms with van der Waals surface area (Å²) in [5.74, 6) is 0.308. The zero-order valence-electron chi connectivity index (χ0n) is 21.0. The van der Waals surface area contributed by atoms with E-state index in [2.05, 4.69) is 22.0 Å². The molecule has 7 nitrogen and oxygen atoms in total. The highest BCUT2D eigenvalue weighted by Crippen LogP contribution is 2.36. The number of ether oxygens (including phenoxy) is 1. The molecular weight excluding hydrogens is 454 g/mol. The van der Waals surface area contributed by atoms with Crippen LogP contribution in [0, 0.1) is 0 Å². The second kappa shape index (κ2) is 10.4. The summed E-state index contributed by atoms with van der Waals surface area (Å²) < 4.78 is 5.42. The van der Waals surface area contributed by atoms with Crippen molar-refractivity contribution in [3.05, 3.63) is 65.2 Å². The Bertz CT molecular complexity index is 1150. The summed E-state index contributed by atoms with van der Waals surface area (Å²) in [5.41, 5.74) is 1.87. The number of methoxy groups -OCH3 is 1. The molecule has 3 aliphatic rings. The van der Waals surface area contributed by atoms with E-state index in [1.54, 1.807) is 13.2 Å². The Morgan fingerprint density at radius 3 is 2.44 bits per heavy atom. The van der Waals surface area contributed by atoms with Gasteiger partial charge in [0.15, 0.2) is 0 Å². The molecule has 2 heterocycles. The zero-order chi connectivity index (χ0) is 25.1. The predicted molar refractivity (Wildman–Crippen MR) is 141 cm³/mol. The third-order valence-corrected chi connectivity index (χ3v) is 7.73. The molecule has 2 aliphatic heterocycles. The SMILES string of the molecule is COc1ccccc1/C=C/CN1CCN(c2cccc3c2C(=O)N(CC2(O)CCCCC2)C3=O)CC1. The molecule has 0 atom stereocenters. The van der Waals surface area contributed by atoms with Crippen LogP contribution in [0.3, 0.4) is 0 Å². The summed E-state index contributed by atoms with van der Waals surface area (Å²) in [7, 11) is 1.68. The Labute approximate surface area is 212 Å². The molecule has 0 spiro atoms. The molecule has 1 aliphatic carbocycles. The van der Waals surface area contributed by atoms with E-state index in [1.165, 1.54) is 4.90 Å². The van der Waals surface area contributed by atoms with Gasteiger partial charge in [-0.3, -0.25) is 19.4 Å². The number of carbonyl (C=O) groups excluding carboxylic acids is 2. The Kier molecular flexibility index (Phi) is 7.12. The first-order valence-corrected chi connectivity index (χ1v) is 13.0. The first kappa shape index (κ1) is 24.5. The maximum Gasteiger partial charge on any atom is 0.263 e. The highest BCUT2D eigenvalue weighted by molar-refractivity contribution is 6.23. The molecule has 2 aromatic carbocycles. The van der Waals surface area contributed by atoms with E-state index in [0.29, 0.717) is 24.0 Å². The van der Waals surface area contributed by atoms with Gasteiger partial charge in [0, 0.05) is 38.3 Å². The number of β-amino-alcohol motifs (C(OH)–C–C–N with tert-alkyl or cyclic N) is 1. The third kappa shape index (κ3) is 4.90. The van der Waals surface area contributed by atoms with E-state index >= 15 is 0 Å². The second-order valence-electron chi connectivity index (χ2n) is 10.1. The van der Waals surface area contributed by atoms with Crippen molar-refractivity contribution in [3.63, 3.8) is 0 Å². The van der Waals surface area contributed by atoms with Crippen LogP contribution >= 0.6 is 0 Å². The van der Waals surface area contributed by atoms with Crippen LogP contribution < -0.4 is 9.64 Å². The van der Waals surface area contributed by atoms with Crippen LogP contribution in [0.4, 0.5) is 5.69 Å². The molecule has 7 heteroatoms. The number of aliphatic hydroxyl groups is 1. The lowest BCUT2D eigenvalue weighted by Crippen LogP contribution is -2.47. The van der Waals surface area contributed by atoms with Crippen molar-refractivity contribution in [2.24, 2.45) is 0 Å². The van der Waals surface area contributed by atoms with Crippen molar-refractivity contribution in [2.75, 3.05) is 51.3 Å². The first-order chi connectivity index (χ1) is 17.5. The molecule has 2 amide bonds. The Morgan fingerprint density at radius 2 is 1.69 bits per heavy atom. The summed E-state index contributed by atoms with van der Waals surface area (Å²) in [6.07, 6.45) is 8.49. The summed E-state index contributed by atoms with van der Waals surface area (Å²) >= 11 is 0. The van der Waals surface area contributed by atoms with Gasteiger partial charge in [0.2, 0.25) is 0 Å². The van der Waals surface area contributed by atoms with Gasteiger partial charge < -0.3 is 14.7 Å². The van der Waals surface area contributed by atoms with Crippen LogP contribution in [-0.2, 0) is 0 Å². The third-order valence-electron chi connectivity index (χ3n) is 7.73. The zero-order valence-corrected chi connectivity index (χ0v) is 21.0. The largest absolute Gasteiger partial charge is 0.496 e. The number of hydrogen-bond donors (Lipinski definition) is 1. The molecule has 190 valence electrons. The van der Waals surface area contributed by atoms with E-state index in [1.807, 2.05) is 36.4 Å². The monoisotopic (exact) mass is 489 g/mol. The lowest BCUT2D eigenvalue weighted by Gasteiger charge is -2.36. The normalized spacial score (nSPS) is 20.3. The molecule has 0 unspecified atom stereocenters. The number of hydrogen-bond acceptors (Lipinski definition) is 6. The van der Waals surface area contributed by atoms with Crippen molar-refractivity contribution in [1.29, 1.82) is 0 Å². The topological polar surface area (TPSA) is 73.3 Å². The van der Waals surface area contributed by atoms with Crippen molar-refractivity contribution >= 4 is 23.6 Å². The van der Waals surface area contributed by atoms with E-state index < -0.39 is 5.60 Å². The first-order valence-electron chi connectivity index (χ1n) is 13.0. The standard InChI is InChI=1S/C29H35N3O4/c1-36-25-13-4-3-9-22(25)10-8-16-30-17-19-31(20-18-30)24-12-7-11-23-26(24)28(34)32(27(23)33)21-29(35)14-5-2-6-15-29/h3-4,7-13,35H,2,5-6,14-21H2,1H3/b10-8+. The van der Waals surface area contributed by atoms with Crippen LogP contribution in [0.2, 0.25) is 0 Å². The Hall–Kier alpha value is -3.16. The van der Waals surface area contributed by atoms with E-state index in [9.17, 15) is 14.7 Å². The van der Waals surface area contributed by atoms with Crippen LogP contribution in [0.1, 0.15) is 58.4 Å². The van der Waals surface area contributed by atoms with E-state index in [-0.39, 0.29) is 18.4 Å². The number of amides is 2. The number of benzene rings is 2. The Morgan fingerprint density at radius 1 is 0.944 bits per heavy atom. The molecule has 0 aromatic heterocycles. The smallest absolute Gasteiger partial charge is 0.263 e. The molecule has 2 fully saturated rings. The van der Waals surface area contributed by atoms with Crippen LogP contribution in [0.25, 0.3) is 6.08 Å². The number of piperazine rings is 1. The van der Waals surface area contributed by atoms with Crippen molar-refractivity contribution < 1.29 is 19.4 Å².